The number of nitriles is 1. The third-order valence-electron chi connectivity index (χ3n) is 3.67. The quantitative estimate of drug-likeness (QED) is 0.698. The fraction of sp³-hybridized carbons (Fsp3) is 0.833. The first-order valence-corrected chi connectivity index (χ1v) is 5.56. The Hall–Kier alpha value is -1.04. The van der Waals surface area contributed by atoms with Crippen molar-refractivity contribution < 1.29 is 4.79 Å². The predicted octanol–water partition coefficient (Wildman–Crippen LogP) is 2.18. The minimum Gasteiger partial charge on any atom is -0.330 e. The van der Waals surface area contributed by atoms with Crippen LogP contribution in [0.3, 0.4) is 0 Å². The average molecular weight is 208 g/mol. The molecule has 0 aliphatic heterocycles. The summed E-state index contributed by atoms with van der Waals surface area (Å²) in [6, 6.07) is 1.78. The van der Waals surface area contributed by atoms with E-state index in [9.17, 15) is 4.79 Å². The lowest BCUT2D eigenvalue weighted by molar-refractivity contribution is -0.137. The van der Waals surface area contributed by atoms with Crippen LogP contribution in [-0.4, -0.2) is 23.9 Å². The smallest absolute Gasteiger partial charge is 0.227 e. The number of nitrogens with zero attached hydrogens (tertiary/aromatic N) is 2. The minimum atomic E-state index is -0.325. The fourth-order valence-electron chi connectivity index (χ4n) is 2.31. The van der Waals surface area contributed by atoms with Crippen LogP contribution in [0.4, 0.5) is 0 Å². The zero-order valence-corrected chi connectivity index (χ0v) is 10.1. The summed E-state index contributed by atoms with van der Waals surface area (Å²) in [6.45, 7) is 6.06. The maximum absolute atomic E-state index is 12.1. The molecule has 1 aliphatic carbocycles. The number of hydrogen-bond acceptors (Lipinski definition) is 2. The Kier molecular flexibility index (Phi) is 3.38. The Morgan fingerprint density at radius 3 is 2.60 bits per heavy atom. The first-order chi connectivity index (χ1) is 6.90. The standard InChI is InChI=1S/C12H20N2O/c1-9(8-13)14(4)11(15)10-6-5-7-12(10,2)3/h9-10H,5-7H2,1-4H3. The molecule has 0 aromatic heterocycles. The summed E-state index contributed by atoms with van der Waals surface area (Å²) in [6.07, 6.45) is 3.20. The highest BCUT2D eigenvalue weighted by atomic mass is 16.2. The summed E-state index contributed by atoms with van der Waals surface area (Å²) < 4.78 is 0. The number of rotatable bonds is 2. The second-order valence-electron chi connectivity index (χ2n) is 5.19. The molecule has 0 aromatic carbocycles. The Balaban J connectivity index is 2.73. The molecular weight excluding hydrogens is 188 g/mol. The molecule has 0 aromatic rings. The topological polar surface area (TPSA) is 44.1 Å². The van der Waals surface area contributed by atoms with Crippen LogP contribution in [0.2, 0.25) is 0 Å². The van der Waals surface area contributed by atoms with Crippen LogP contribution < -0.4 is 0 Å². The summed E-state index contributed by atoms with van der Waals surface area (Å²) >= 11 is 0. The Morgan fingerprint density at radius 1 is 1.60 bits per heavy atom. The fourth-order valence-corrected chi connectivity index (χ4v) is 2.31. The molecule has 1 amide bonds. The summed E-state index contributed by atoms with van der Waals surface area (Å²) in [5.41, 5.74) is 0.0977. The van der Waals surface area contributed by atoms with Crippen molar-refractivity contribution in [2.45, 2.75) is 46.1 Å². The molecule has 3 nitrogen and oxygen atoms in total. The molecular formula is C12H20N2O. The van der Waals surface area contributed by atoms with E-state index >= 15 is 0 Å². The van der Waals surface area contributed by atoms with Crippen molar-refractivity contribution in [3.05, 3.63) is 0 Å². The molecule has 15 heavy (non-hydrogen) atoms. The zero-order chi connectivity index (χ0) is 11.6. The molecule has 0 spiro atoms. The molecule has 3 heteroatoms. The number of carbonyl (C=O) groups is 1. The van der Waals surface area contributed by atoms with Gasteiger partial charge in [-0.25, -0.2) is 0 Å². The van der Waals surface area contributed by atoms with E-state index in [4.69, 9.17) is 5.26 Å². The van der Waals surface area contributed by atoms with Crippen LogP contribution in [0, 0.1) is 22.7 Å². The van der Waals surface area contributed by atoms with Gasteiger partial charge in [-0.2, -0.15) is 5.26 Å². The lowest BCUT2D eigenvalue weighted by atomic mass is 9.81. The van der Waals surface area contributed by atoms with Gasteiger partial charge in [-0.15, -0.1) is 0 Å². The van der Waals surface area contributed by atoms with Gasteiger partial charge in [-0.05, 0) is 25.2 Å². The number of hydrogen-bond donors (Lipinski definition) is 0. The van der Waals surface area contributed by atoms with Crippen LogP contribution >= 0.6 is 0 Å². The van der Waals surface area contributed by atoms with Gasteiger partial charge >= 0.3 is 0 Å². The molecule has 2 atom stereocenters. The molecule has 84 valence electrons. The van der Waals surface area contributed by atoms with E-state index in [2.05, 4.69) is 19.9 Å². The van der Waals surface area contributed by atoms with Gasteiger partial charge in [0.15, 0.2) is 0 Å². The highest BCUT2D eigenvalue weighted by Gasteiger charge is 2.41. The van der Waals surface area contributed by atoms with Crippen molar-refractivity contribution >= 4 is 5.91 Å². The molecule has 0 radical (unpaired) electrons. The Labute approximate surface area is 92.1 Å². The van der Waals surface area contributed by atoms with E-state index in [1.807, 2.05) is 0 Å². The third kappa shape index (κ3) is 2.31. The Morgan fingerprint density at radius 2 is 2.20 bits per heavy atom. The summed E-state index contributed by atoms with van der Waals surface area (Å²) in [5, 5.41) is 8.78. The van der Waals surface area contributed by atoms with Crippen molar-refractivity contribution in [1.29, 1.82) is 5.26 Å². The summed E-state index contributed by atoms with van der Waals surface area (Å²) in [5.74, 6) is 0.227. The monoisotopic (exact) mass is 208 g/mol. The molecule has 2 unspecified atom stereocenters. The van der Waals surface area contributed by atoms with Gasteiger partial charge in [-0.1, -0.05) is 20.3 Å². The van der Waals surface area contributed by atoms with Crippen molar-refractivity contribution in [3.63, 3.8) is 0 Å². The second-order valence-corrected chi connectivity index (χ2v) is 5.19. The molecule has 0 heterocycles. The number of carbonyl (C=O) groups excluding carboxylic acids is 1. The largest absolute Gasteiger partial charge is 0.330 e. The van der Waals surface area contributed by atoms with Gasteiger partial charge in [0.25, 0.3) is 0 Å². The van der Waals surface area contributed by atoms with E-state index in [1.165, 1.54) is 0 Å². The van der Waals surface area contributed by atoms with Crippen molar-refractivity contribution in [1.82, 2.24) is 4.90 Å². The lowest BCUT2D eigenvalue weighted by Gasteiger charge is -2.31. The van der Waals surface area contributed by atoms with Gasteiger partial charge in [0, 0.05) is 13.0 Å². The Bertz CT molecular complexity index is 290. The minimum absolute atomic E-state index is 0.0956. The first-order valence-electron chi connectivity index (χ1n) is 5.56. The SMILES string of the molecule is CC(C#N)N(C)C(=O)C1CCCC1(C)C. The van der Waals surface area contributed by atoms with Crippen molar-refractivity contribution in [2.75, 3.05) is 7.05 Å². The molecule has 0 saturated heterocycles. The first kappa shape index (κ1) is 12.0. The van der Waals surface area contributed by atoms with E-state index in [-0.39, 0.29) is 23.3 Å². The second kappa shape index (κ2) is 4.22. The van der Waals surface area contributed by atoms with Crippen molar-refractivity contribution in [3.8, 4) is 6.07 Å². The maximum atomic E-state index is 12.1. The molecule has 1 saturated carbocycles. The number of amides is 1. The van der Waals surface area contributed by atoms with Crippen LogP contribution in [0.25, 0.3) is 0 Å². The van der Waals surface area contributed by atoms with Crippen LogP contribution in [-0.2, 0) is 4.79 Å². The van der Waals surface area contributed by atoms with E-state index < -0.39 is 0 Å². The van der Waals surface area contributed by atoms with E-state index in [1.54, 1.807) is 18.9 Å². The highest BCUT2D eigenvalue weighted by molar-refractivity contribution is 5.80. The van der Waals surface area contributed by atoms with E-state index in [0.29, 0.717) is 0 Å². The molecule has 1 fully saturated rings. The highest BCUT2D eigenvalue weighted by Crippen LogP contribution is 2.43. The van der Waals surface area contributed by atoms with Gasteiger partial charge in [0.2, 0.25) is 5.91 Å². The molecule has 1 rings (SSSR count). The van der Waals surface area contributed by atoms with Gasteiger partial charge < -0.3 is 4.90 Å². The van der Waals surface area contributed by atoms with Crippen LogP contribution in [0.15, 0.2) is 0 Å². The van der Waals surface area contributed by atoms with E-state index in [0.717, 1.165) is 19.3 Å². The third-order valence-corrected chi connectivity index (χ3v) is 3.67. The summed E-state index contributed by atoms with van der Waals surface area (Å²) in [7, 11) is 1.73. The van der Waals surface area contributed by atoms with Crippen LogP contribution in [0.1, 0.15) is 40.0 Å². The van der Waals surface area contributed by atoms with Gasteiger partial charge in [-0.3, -0.25) is 4.79 Å². The normalized spacial score (nSPS) is 25.7. The maximum Gasteiger partial charge on any atom is 0.227 e. The molecule has 0 N–H and O–H groups in total. The zero-order valence-electron chi connectivity index (χ0n) is 10.1. The average Bonchev–Trinajstić information content (AvgIpc) is 2.54. The lowest BCUT2D eigenvalue weighted by Crippen LogP contribution is -2.41. The van der Waals surface area contributed by atoms with Gasteiger partial charge in [0.1, 0.15) is 6.04 Å². The predicted molar refractivity (Wildman–Crippen MR) is 59.0 cm³/mol. The summed E-state index contributed by atoms with van der Waals surface area (Å²) in [4.78, 5) is 13.7. The molecule has 1 aliphatic rings. The molecule has 0 bridgehead atoms. The van der Waals surface area contributed by atoms with Crippen molar-refractivity contribution in [2.24, 2.45) is 11.3 Å². The van der Waals surface area contributed by atoms with Gasteiger partial charge in [0.05, 0.1) is 6.07 Å². The van der Waals surface area contributed by atoms with Crippen LogP contribution in [0.5, 0.6) is 0 Å².